The van der Waals surface area contributed by atoms with Crippen molar-refractivity contribution < 1.29 is 32.2 Å². The van der Waals surface area contributed by atoms with E-state index in [0.29, 0.717) is 31.5 Å². The van der Waals surface area contributed by atoms with E-state index in [9.17, 15) is 22.8 Å². The monoisotopic (exact) mass is 522 g/mol. The maximum Gasteiger partial charge on any atom is 0.416 e. The van der Waals surface area contributed by atoms with Gasteiger partial charge in [-0.1, -0.05) is 20.8 Å². The first-order valence-corrected chi connectivity index (χ1v) is 12.4. The van der Waals surface area contributed by atoms with Gasteiger partial charge >= 0.3 is 6.18 Å². The van der Waals surface area contributed by atoms with Crippen LogP contribution in [0, 0.1) is 0 Å². The number of rotatable bonds is 6. The number of aromatic nitrogens is 2. The van der Waals surface area contributed by atoms with Crippen LogP contribution < -0.4 is 15.5 Å². The first kappa shape index (κ1) is 27.0. The molecule has 11 heteroatoms. The highest BCUT2D eigenvalue weighted by molar-refractivity contribution is 5.97. The average molecular weight is 523 g/mol. The molecular weight excluding hydrogens is 489 g/mol. The Kier molecular flexibility index (Phi) is 7.55. The fourth-order valence-corrected chi connectivity index (χ4v) is 4.72. The molecule has 2 aromatic rings. The number of nitrogens with zero attached hydrogens (tertiary/aromatic N) is 3. The summed E-state index contributed by atoms with van der Waals surface area (Å²) in [5.41, 5.74) is -0.277. The summed E-state index contributed by atoms with van der Waals surface area (Å²) in [5, 5.41) is 2.74. The zero-order valence-corrected chi connectivity index (χ0v) is 21.5. The summed E-state index contributed by atoms with van der Waals surface area (Å²) in [4.78, 5) is 29.1. The molecule has 2 aliphatic rings. The molecule has 0 unspecified atom stereocenters. The van der Waals surface area contributed by atoms with Crippen LogP contribution in [0.15, 0.2) is 29.3 Å². The highest BCUT2D eigenvalue weighted by Gasteiger charge is 2.33. The van der Waals surface area contributed by atoms with Crippen LogP contribution in [0.1, 0.15) is 68.1 Å². The number of amides is 2. The Morgan fingerprint density at radius 3 is 2.57 bits per heavy atom. The maximum atomic E-state index is 13.5. The Morgan fingerprint density at radius 1 is 1.22 bits per heavy atom. The van der Waals surface area contributed by atoms with E-state index < -0.39 is 17.6 Å². The van der Waals surface area contributed by atoms with Gasteiger partial charge in [-0.05, 0) is 37.5 Å². The van der Waals surface area contributed by atoms with Crippen molar-refractivity contribution in [3.63, 3.8) is 0 Å². The molecule has 0 spiro atoms. The molecule has 3 heterocycles. The van der Waals surface area contributed by atoms with E-state index in [-0.39, 0.29) is 41.4 Å². The van der Waals surface area contributed by atoms with E-state index in [1.165, 1.54) is 0 Å². The first-order valence-electron chi connectivity index (χ1n) is 12.4. The highest BCUT2D eigenvalue weighted by Crippen LogP contribution is 2.33. The molecule has 1 N–H and O–H groups in total. The van der Waals surface area contributed by atoms with Crippen molar-refractivity contribution in [2.45, 2.75) is 76.7 Å². The summed E-state index contributed by atoms with van der Waals surface area (Å²) in [6, 6.07) is 4.29. The van der Waals surface area contributed by atoms with Gasteiger partial charge in [0, 0.05) is 37.3 Å². The van der Waals surface area contributed by atoms with Crippen molar-refractivity contribution in [3.05, 3.63) is 46.6 Å². The number of ether oxygens (including phenoxy) is 2. The van der Waals surface area contributed by atoms with Crippen molar-refractivity contribution in [2.24, 2.45) is 12.0 Å². The number of nitrogens with one attached hydrogen (secondary N) is 1. The smallest absolute Gasteiger partial charge is 0.416 e. The number of halogens is 3. The lowest BCUT2D eigenvalue weighted by molar-refractivity contribution is -0.137. The lowest BCUT2D eigenvalue weighted by Gasteiger charge is -2.21. The predicted molar refractivity (Wildman–Crippen MR) is 129 cm³/mol. The van der Waals surface area contributed by atoms with E-state index in [2.05, 4.69) is 10.3 Å². The molecule has 37 heavy (non-hydrogen) atoms. The Bertz CT molecular complexity index is 1230. The summed E-state index contributed by atoms with van der Waals surface area (Å²) < 4.78 is 55.7. The van der Waals surface area contributed by atoms with Gasteiger partial charge in [-0.15, -0.1) is 0 Å². The molecule has 4 rings (SSSR count). The van der Waals surface area contributed by atoms with Crippen LogP contribution in [0.3, 0.4) is 0 Å². The topological polar surface area (TPSA) is 86.9 Å². The minimum Gasteiger partial charge on any atom is -0.491 e. The lowest BCUT2D eigenvalue weighted by atomic mass is 9.92. The second-order valence-electron chi connectivity index (χ2n) is 10.6. The number of carbonyl (C=O) groups excluding carboxylic acids is 2. The summed E-state index contributed by atoms with van der Waals surface area (Å²) in [5.74, 6) is -0.967. The van der Waals surface area contributed by atoms with Gasteiger partial charge in [0.05, 0.1) is 29.8 Å². The number of alkyl halides is 3. The van der Waals surface area contributed by atoms with Crippen molar-refractivity contribution in [1.82, 2.24) is 14.7 Å². The van der Waals surface area contributed by atoms with E-state index in [4.69, 9.17) is 9.47 Å². The second kappa shape index (κ2) is 10.4. The normalized spacial score (nSPS) is 20.9. The van der Waals surface area contributed by atoms with Gasteiger partial charge in [-0.3, -0.25) is 19.0 Å². The first-order chi connectivity index (χ1) is 17.3. The maximum absolute atomic E-state index is 13.5. The van der Waals surface area contributed by atoms with E-state index in [1.54, 1.807) is 6.07 Å². The lowest BCUT2D eigenvalue weighted by Crippen LogP contribution is -2.31. The summed E-state index contributed by atoms with van der Waals surface area (Å²) >= 11 is 0. The minimum absolute atomic E-state index is 0.0134. The number of benzene rings is 1. The molecule has 1 aromatic carbocycles. The standard InChI is InChI=1S/C26H33F3N4O4/c1-25(2,3)21-13-22(33(32(21)4)14-18-6-5-11-36-18)31-24(35)19-12-16(26(27,28)29)7-9-20(19)37-15-17-8-10-23(34)30-17/h7,9,12-13,17-18H,5-6,8,10-11,14-15H2,1-4H3,(H,30,34)/b31-22+/t17-,18+/m0/s1. The van der Waals surface area contributed by atoms with Gasteiger partial charge in [-0.2, -0.15) is 18.2 Å². The summed E-state index contributed by atoms with van der Waals surface area (Å²) in [7, 11) is 1.87. The van der Waals surface area contributed by atoms with E-state index in [1.807, 2.05) is 37.2 Å². The molecule has 2 saturated heterocycles. The third kappa shape index (κ3) is 6.26. The fraction of sp³-hybridized carbons (Fsp3) is 0.577. The Labute approximate surface area is 213 Å². The van der Waals surface area contributed by atoms with Crippen molar-refractivity contribution in [1.29, 1.82) is 0 Å². The van der Waals surface area contributed by atoms with Crippen LogP contribution in [-0.2, 0) is 34.7 Å². The molecule has 1 aromatic heterocycles. The second-order valence-corrected chi connectivity index (χ2v) is 10.6. The molecule has 2 fully saturated rings. The van der Waals surface area contributed by atoms with Gasteiger partial charge in [0.15, 0.2) is 5.49 Å². The highest BCUT2D eigenvalue weighted by atomic mass is 19.4. The molecule has 0 aliphatic carbocycles. The predicted octanol–water partition coefficient (Wildman–Crippen LogP) is 3.72. The van der Waals surface area contributed by atoms with Crippen molar-refractivity contribution in [3.8, 4) is 5.75 Å². The third-order valence-corrected chi connectivity index (χ3v) is 6.69. The van der Waals surface area contributed by atoms with Gasteiger partial charge < -0.3 is 14.8 Å². The van der Waals surface area contributed by atoms with E-state index >= 15 is 0 Å². The minimum atomic E-state index is -4.64. The zero-order chi connectivity index (χ0) is 27.0. The van der Waals surface area contributed by atoms with Crippen molar-refractivity contribution in [2.75, 3.05) is 13.2 Å². The van der Waals surface area contributed by atoms with Gasteiger partial charge in [0.1, 0.15) is 12.4 Å². The largest absolute Gasteiger partial charge is 0.491 e. The van der Waals surface area contributed by atoms with Crippen LogP contribution in [0.5, 0.6) is 5.75 Å². The molecular formula is C26H33F3N4O4. The zero-order valence-electron chi connectivity index (χ0n) is 21.5. The molecule has 2 amide bonds. The molecule has 2 aliphatic heterocycles. The quantitative estimate of drug-likeness (QED) is 0.627. The van der Waals surface area contributed by atoms with Crippen LogP contribution in [0.25, 0.3) is 0 Å². The molecule has 202 valence electrons. The fourth-order valence-electron chi connectivity index (χ4n) is 4.72. The van der Waals surface area contributed by atoms with Gasteiger partial charge in [-0.25, -0.2) is 0 Å². The van der Waals surface area contributed by atoms with Crippen LogP contribution in [0.2, 0.25) is 0 Å². The van der Waals surface area contributed by atoms with Gasteiger partial charge in [0.2, 0.25) is 5.91 Å². The molecule has 2 atom stereocenters. The number of hydrogen-bond donors (Lipinski definition) is 1. The van der Waals surface area contributed by atoms with Crippen LogP contribution in [-0.4, -0.2) is 46.5 Å². The SMILES string of the molecule is Cn1c(C(C)(C)C)c/c(=N\C(=O)c2cc(C(F)(F)F)ccc2OC[C@@H]2CCC(=O)N2)n1C[C@H]1CCCO1. The number of hydrogen-bond acceptors (Lipinski definition) is 4. The van der Waals surface area contributed by atoms with Gasteiger partial charge in [0.25, 0.3) is 5.91 Å². The molecule has 8 nitrogen and oxygen atoms in total. The van der Waals surface area contributed by atoms with E-state index in [0.717, 1.165) is 36.7 Å². The Morgan fingerprint density at radius 2 is 1.97 bits per heavy atom. The summed E-state index contributed by atoms with van der Waals surface area (Å²) in [6.07, 6.45) is -1.95. The Hall–Kier alpha value is -3.08. The summed E-state index contributed by atoms with van der Waals surface area (Å²) in [6.45, 7) is 7.27. The average Bonchev–Trinajstić information content (AvgIpc) is 3.54. The third-order valence-electron chi connectivity index (χ3n) is 6.69. The molecule has 0 saturated carbocycles. The molecule has 0 radical (unpaired) electrons. The Balaban J connectivity index is 1.73. The number of carbonyl (C=O) groups is 2. The molecule has 0 bridgehead atoms. The van der Waals surface area contributed by atoms with Crippen molar-refractivity contribution >= 4 is 11.8 Å². The van der Waals surface area contributed by atoms with Crippen LogP contribution in [0.4, 0.5) is 13.2 Å². The van der Waals surface area contributed by atoms with Crippen LogP contribution >= 0.6 is 0 Å².